The van der Waals surface area contributed by atoms with Crippen molar-refractivity contribution in [3.8, 4) is 22.5 Å². The lowest BCUT2D eigenvalue weighted by molar-refractivity contribution is -0.122. The van der Waals surface area contributed by atoms with Crippen LogP contribution in [0.1, 0.15) is 33.6 Å². The highest BCUT2D eigenvalue weighted by Gasteiger charge is 2.55. The monoisotopic (exact) mass is 636 g/mol. The summed E-state index contributed by atoms with van der Waals surface area (Å²) >= 11 is 0. The molecule has 3 aromatic carbocycles. The van der Waals surface area contributed by atoms with Crippen molar-refractivity contribution in [2.75, 3.05) is 30.8 Å². The molecule has 3 atom stereocenters. The number of furan rings is 1. The number of amides is 3. The first-order valence-electron chi connectivity index (χ1n) is 14.3. The standard InChI is InChI=1S/C32H30F2N4O6S/c1-36-31(40)28-23-15-22(18-4-3-5-19(12-18)32(41)38-24-13-20(24)14-26(38)30(35)39)25(37(11-10-33)45(2,42)43)16-27(23)44-29(28)17-6-8-21(34)9-7-17/h3-9,12,15-16,20,24,26H,10-11,13-14H2,1-2H3,(H2,35,39)(H,36,40)/t20-,24-,26-/m0/s1. The lowest BCUT2D eigenvalue weighted by atomic mass is 9.97. The van der Waals surface area contributed by atoms with E-state index in [1.54, 1.807) is 30.3 Å². The molecule has 2 heterocycles. The Labute approximate surface area is 257 Å². The Hall–Kier alpha value is -4.78. The first kappa shape index (κ1) is 30.3. The van der Waals surface area contributed by atoms with Crippen molar-refractivity contribution < 1.29 is 36.0 Å². The Bertz CT molecular complexity index is 1960. The maximum atomic E-state index is 13.8. The predicted molar refractivity (Wildman–Crippen MR) is 164 cm³/mol. The van der Waals surface area contributed by atoms with E-state index in [1.807, 2.05) is 0 Å². The van der Waals surface area contributed by atoms with Crippen LogP contribution in [-0.4, -0.2) is 69.6 Å². The highest BCUT2D eigenvalue weighted by molar-refractivity contribution is 7.92. The molecule has 4 aromatic rings. The van der Waals surface area contributed by atoms with Gasteiger partial charge in [0.05, 0.1) is 24.1 Å². The van der Waals surface area contributed by atoms with Gasteiger partial charge in [-0.25, -0.2) is 17.2 Å². The molecule has 2 aliphatic rings. The van der Waals surface area contributed by atoms with Crippen molar-refractivity contribution in [2.45, 2.75) is 24.9 Å². The van der Waals surface area contributed by atoms with E-state index in [0.29, 0.717) is 22.9 Å². The summed E-state index contributed by atoms with van der Waals surface area (Å²) in [7, 11) is -2.58. The first-order valence-corrected chi connectivity index (χ1v) is 16.1. The topological polar surface area (TPSA) is 143 Å². The van der Waals surface area contributed by atoms with Crippen LogP contribution < -0.4 is 15.4 Å². The van der Waals surface area contributed by atoms with Crippen LogP contribution in [0, 0.1) is 11.7 Å². The van der Waals surface area contributed by atoms with Gasteiger partial charge in [-0.3, -0.25) is 18.7 Å². The summed E-state index contributed by atoms with van der Waals surface area (Å²) in [5.74, 6) is -1.60. The number of alkyl halides is 1. The Kier molecular flexibility index (Phi) is 7.59. The highest BCUT2D eigenvalue weighted by atomic mass is 32.2. The van der Waals surface area contributed by atoms with Crippen molar-refractivity contribution in [2.24, 2.45) is 11.7 Å². The molecule has 10 nitrogen and oxygen atoms in total. The maximum absolute atomic E-state index is 13.8. The van der Waals surface area contributed by atoms with Crippen molar-refractivity contribution in [1.29, 1.82) is 0 Å². The predicted octanol–water partition coefficient (Wildman–Crippen LogP) is 4.09. The van der Waals surface area contributed by atoms with Crippen LogP contribution in [0.15, 0.2) is 65.1 Å². The zero-order valence-electron chi connectivity index (χ0n) is 24.4. The van der Waals surface area contributed by atoms with Crippen molar-refractivity contribution in [3.05, 3.63) is 77.6 Å². The average molecular weight is 637 g/mol. The Balaban J connectivity index is 1.56. The molecule has 1 aromatic heterocycles. The maximum Gasteiger partial charge on any atom is 0.255 e. The summed E-state index contributed by atoms with van der Waals surface area (Å²) in [5.41, 5.74) is 7.25. The molecule has 13 heteroatoms. The van der Waals surface area contributed by atoms with E-state index in [-0.39, 0.29) is 51.6 Å². The van der Waals surface area contributed by atoms with Crippen LogP contribution in [0.2, 0.25) is 0 Å². The molecule has 6 rings (SSSR count). The largest absolute Gasteiger partial charge is 0.455 e. The van der Waals surface area contributed by atoms with Gasteiger partial charge in [0.25, 0.3) is 11.8 Å². The van der Waals surface area contributed by atoms with Gasteiger partial charge in [0.15, 0.2) is 0 Å². The van der Waals surface area contributed by atoms with Gasteiger partial charge in [-0.2, -0.15) is 0 Å². The van der Waals surface area contributed by atoms with Gasteiger partial charge >= 0.3 is 0 Å². The number of likely N-dealkylation sites (tertiary alicyclic amines) is 1. The number of piperidine rings is 1. The normalized spacial score (nSPS) is 18.9. The lowest BCUT2D eigenvalue weighted by Gasteiger charge is -2.26. The zero-order valence-corrected chi connectivity index (χ0v) is 25.2. The summed E-state index contributed by atoms with van der Waals surface area (Å²) in [6.07, 6.45) is 2.25. The van der Waals surface area contributed by atoms with E-state index >= 15 is 0 Å². The zero-order chi connectivity index (χ0) is 32.2. The number of anilines is 1. The molecule has 1 aliphatic carbocycles. The van der Waals surface area contributed by atoms with Crippen LogP contribution in [0.5, 0.6) is 0 Å². The lowest BCUT2D eigenvalue weighted by Crippen LogP contribution is -2.46. The van der Waals surface area contributed by atoms with Crippen molar-refractivity contribution >= 4 is 44.4 Å². The fourth-order valence-corrected chi connectivity index (χ4v) is 7.15. The number of benzene rings is 3. The molecule has 3 amide bonds. The number of rotatable bonds is 9. The molecule has 0 bridgehead atoms. The van der Waals surface area contributed by atoms with Gasteiger partial charge in [0.1, 0.15) is 29.9 Å². The molecule has 0 spiro atoms. The third-order valence-corrected chi connectivity index (χ3v) is 9.59. The van der Waals surface area contributed by atoms with Gasteiger partial charge in [-0.05, 0) is 66.8 Å². The number of carbonyl (C=O) groups excluding carboxylic acids is 3. The van der Waals surface area contributed by atoms with Gasteiger partial charge in [-0.15, -0.1) is 0 Å². The number of halogens is 2. The number of primary amides is 1. The van der Waals surface area contributed by atoms with E-state index in [4.69, 9.17) is 10.2 Å². The second-order valence-corrected chi connectivity index (χ2v) is 13.2. The van der Waals surface area contributed by atoms with Gasteiger partial charge in [-0.1, -0.05) is 12.1 Å². The Morgan fingerprint density at radius 1 is 1.07 bits per heavy atom. The second-order valence-electron chi connectivity index (χ2n) is 11.3. The quantitative estimate of drug-likeness (QED) is 0.283. The molecule has 45 heavy (non-hydrogen) atoms. The Morgan fingerprint density at radius 2 is 1.80 bits per heavy atom. The second kappa shape index (κ2) is 11.3. The molecule has 1 aliphatic heterocycles. The van der Waals surface area contributed by atoms with Gasteiger partial charge < -0.3 is 20.4 Å². The number of nitrogens with zero attached hydrogens (tertiary/aromatic N) is 2. The van der Waals surface area contributed by atoms with Crippen LogP contribution in [-0.2, 0) is 14.8 Å². The number of hydrogen-bond acceptors (Lipinski definition) is 6. The van der Waals surface area contributed by atoms with Crippen molar-refractivity contribution in [3.63, 3.8) is 0 Å². The van der Waals surface area contributed by atoms with Crippen LogP contribution in [0.3, 0.4) is 0 Å². The van der Waals surface area contributed by atoms with E-state index in [1.165, 1.54) is 42.3 Å². The van der Waals surface area contributed by atoms with E-state index < -0.39 is 46.9 Å². The van der Waals surface area contributed by atoms with E-state index in [2.05, 4.69) is 5.32 Å². The number of sulfonamides is 1. The van der Waals surface area contributed by atoms with Crippen LogP contribution in [0.25, 0.3) is 33.4 Å². The van der Waals surface area contributed by atoms with E-state index in [9.17, 15) is 31.6 Å². The summed E-state index contributed by atoms with van der Waals surface area (Å²) < 4.78 is 60.4. The molecule has 234 valence electrons. The number of nitrogens with one attached hydrogen (secondary N) is 1. The van der Waals surface area contributed by atoms with E-state index in [0.717, 1.165) is 17.0 Å². The summed E-state index contributed by atoms with van der Waals surface area (Å²) in [6.45, 7) is -1.49. The fourth-order valence-electron chi connectivity index (χ4n) is 6.24. The third kappa shape index (κ3) is 5.41. The third-order valence-electron chi connectivity index (χ3n) is 8.41. The molecule has 1 saturated carbocycles. The number of carbonyl (C=O) groups is 3. The van der Waals surface area contributed by atoms with Crippen LogP contribution in [0.4, 0.5) is 14.5 Å². The average Bonchev–Trinajstić information content (AvgIpc) is 3.51. The molecule has 1 saturated heterocycles. The number of hydrogen-bond donors (Lipinski definition) is 2. The molecule has 2 fully saturated rings. The number of fused-ring (bicyclic) bond motifs is 2. The summed E-state index contributed by atoms with van der Waals surface area (Å²) in [6, 6.07) is 14.0. The van der Waals surface area contributed by atoms with Crippen LogP contribution >= 0.6 is 0 Å². The Morgan fingerprint density at radius 3 is 2.44 bits per heavy atom. The summed E-state index contributed by atoms with van der Waals surface area (Å²) in [4.78, 5) is 40.5. The van der Waals surface area contributed by atoms with Gasteiger partial charge in [0.2, 0.25) is 15.9 Å². The first-order chi connectivity index (χ1) is 21.4. The smallest absolute Gasteiger partial charge is 0.255 e. The minimum absolute atomic E-state index is 0.0635. The molecule has 3 N–H and O–H groups in total. The molecule has 0 unspecified atom stereocenters. The summed E-state index contributed by atoms with van der Waals surface area (Å²) in [5, 5.41) is 2.89. The minimum Gasteiger partial charge on any atom is -0.455 e. The fraction of sp³-hybridized carbons (Fsp3) is 0.281. The SMILES string of the molecule is CNC(=O)c1c(-c2ccc(F)cc2)oc2cc(N(CCF)S(C)(=O)=O)c(-c3cccc(C(=O)N4[C@H](C(N)=O)C[C@@H]5C[C@@H]54)c3)cc12. The molecule has 0 radical (unpaired) electrons. The molecular formula is C32H30F2N4O6S. The molecular weight excluding hydrogens is 606 g/mol. The number of nitrogens with two attached hydrogens (primary N) is 1. The highest BCUT2D eigenvalue weighted by Crippen LogP contribution is 2.48. The van der Waals surface area contributed by atoms with Crippen molar-refractivity contribution in [1.82, 2.24) is 10.2 Å². The minimum atomic E-state index is -4.01. The van der Waals surface area contributed by atoms with Gasteiger partial charge in [0, 0.05) is 41.2 Å².